The summed E-state index contributed by atoms with van der Waals surface area (Å²) in [7, 11) is 0. The van der Waals surface area contributed by atoms with E-state index in [1.165, 1.54) is 5.56 Å². The number of anilines is 2. The second kappa shape index (κ2) is 7.25. The molecule has 0 saturated carbocycles. The molecule has 2 aromatic heterocycles. The number of pyridine rings is 1. The molecule has 0 spiro atoms. The molecule has 0 radical (unpaired) electrons. The van der Waals surface area contributed by atoms with Crippen molar-refractivity contribution in [2.75, 3.05) is 18.1 Å². The molecule has 0 bridgehead atoms. The topological polar surface area (TPSA) is 115 Å². The molecule has 3 aromatic rings. The van der Waals surface area contributed by atoms with Crippen LogP contribution in [0.3, 0.4) is 0 Å². The maximum atomic E-state index is 12.2. The van der Waals surface area contributed by atoms with Gasteiger partial charge in [0.15, 0.2) is 0 Å². The average Bonchev–Trinajstić information content (AvgIpc) is 2.97. The van der Waals surface area contributed by atoms with Crippen LogP contribution in [0.4, 0.5) is 11.5 Å². The van der Waals surface area contributed by atoms with Crippen LogP contribution in [-0.2, 0) is 4.74 Å². The molecule has 0 amide bonds. The predicted octanol–water partition coefficient (Wildman–Crippen LogP) is 4.30. The zero-order valence-electron chi connectivity index (χ0n) is 15.4. The summed E-state index contributed by atoms with van der Waals surface area (Å²) in [5, 5.41) is 10.2. The van der Waals surface area contributed by atoms with Crippen molar-refractivity contribution in [3.63, 3.8) is 0 Å². The molecule has 7 heteroatoms. The van der Waals surface area contributed by atoms with E-state index in [2.05, 4.69) is 24.9 Å². The number of hydrogen-bond donors (Lipinski definition) is 2. The minimum atomic E-state index is -0.504. The van der Waals surface area contributed by atoms with E-state index in [0.717, 1.165) is 16.9 Å². The van der Waals surface area contributed by atoms with Gasteiger partial charge in [-0.25, -0.2) is 9.78 Å². The maximum Gasteiger partial charge on any atom is 0.350 e. The van der Waals surface area contributed by atoms with Crippen molar-refractivity contribution in [1.82, 2.24) is 4.98 Å². The number of nitriles is 1. The number of nitrogens with two attached hydrogens (primary N) is 2. The lowest BCUT2D eigenvalue weighted by molar-refractivity contribution is 0.0533. The molecule has 0 saturated heterocycles. The molecular weight excluding hydrogens is 360 g/mol. The highest BCUT2D eigenvalue weighted by molar-refractivity contribution is 7.21. The third kappa shape index (κ3) is 3.20. The van der Waals surface area contributed by atoms with Crippen LogP contribution in [0, 0.1) is 11.3 Å². The Morgan fingerprint density at radius 2 is 1.96 bits per heavy atom. The highest BCUT2D eigenvalue weighted by Gasteiger charge is 2.24. The highest BCUT2D eigenvalue weighted by atomic mass is 32.1. The molecule has 27 heavy (non-hydrogen) atoms. The first-order valence-corrected chi connectivity index (χ1v) is 9.39. The van der Waals surface area contributed by atoms with Crippen molar-refractivity contribution >= 4 is 39.0 Å². The molecular formula is C20H20N4O2S. The smallest absolute Gasteiger partial charge is 0.350 e. The van der Waals surface area contributed by atoms with E-state index in [1.54, 1.807) is 6.92 Å². The third-order valence-electron chi connectivity index (χ3n) is 4.34. The summed E-state index contributed by atoms with van der Waals surface area (Å²) in [5.41, 5.74) is 15.4. The maximum absolute atomic E-state index is 12.2. The van der Waals surface area contributed by atoms with E-state index in [9.17, 15) is 10.1 Å². The molecule has 4 N–H and O–H groups in total. The number of carbonyl (C=O) groups is 1. The monoisotopic (exact) mass is 380 g/mol. The fourth-order valence-electron chi connectivity index (χ4n) is 2.95. The molecule has 0 aliphatic heterocycles. The molecule has 3 rings (SSSR count). The van der Waals surface area contributed by atoms with E-state index in [1.807, 2.05) is 24.3 Å². The van der Waals surface area contributed by atoms with Crippen molar-refractivity contribution in [3.05, 3.63) is 40.3 Å². The minimum absolute atomic E-state index is 0.115. The number of carbonyl (C=O) groups excluding carboxylic acids is 1. The first-order chi connectivity index (χ1) is 12.9. The Labute approximate surface area is 161 Å². The number of nitrogen functional groups attached to an aromatic ring is 2. The van der Waals surface area contributed by atoms with E-state index in [4.69, 9.17) is 16.2 Å². The molecule has 0 fully saturated rings. The third-order valence-corrected chi connectivity index (χ3v) is 5.42. The number of benzene rings is 1. The summed E-state index contributed by atoms with van der Waals surface area (Å²) in [5.74, 6) is -0.000529. The van der Waals surface area contributed by atoms with Crippen molar-refractivity contribution in [2.24, 2.45) is 0 Å². The lowest BCUT2D eigenvalue weighted by atomic mass is 9.94. The van der Waals surface area contributed by atoms with Gasteiger partial charge in [0, 0.05) is 10.9 Å². The van der Waals surface area contributed by atoms with Gasteiger partial charge < -0.3 is 16.2 Å². The number of hydrogen-bond acceptors (Lipinski definition) is 7. The van der Waals surface area contributed by atoms with Gasteiger partial charge in [0.25, 0.3) is 0 Å². The normalized spacial score (nSPS) is 10.9. The van der Waals surface area contributed by atoms with Gasteiger partial charge in [-0.1, -0.05) is 38.1 Å². The van der Waals surface area contributed by atoms with Gasteiger partial charge in [0.1, 0.15) is 27.2 Å². The molecule has 1 aromatic carbocycles. The Hall–Kier alpha value is -3.11. The molecule has 6 nitrogen and oxygen atoms in total. The fourth-order valence-corrected chi connectivity index (χ4v) is 3.96. The number of ether oxygens (including phenoxy) is 1. The van der Waals surface area contributed by atoms with E-state index >= 15 is 0 Å². The molecule has 0 aliphatic rings. The second-order valence-electron chi connectivity index (χ2n) is 6.38. The van der Waals surface area contributed by atoms with E-state index in [-0.39, 0.29) is 28.6 Å². The molecule has 0 aliphatic carbocycles. The lowest BCUT2D eigenvalue weighted by Gasteiger charge is -2.11. The first kappa shape index (κ1) is 18.7. The van der Waals surface area contributed by atoms with Crippen LogP contribution in [-0.4, -0.2) is 17.6 Å². The Morgan fingerprint density at radius 3 is 2.52 bits per heavy atom. The lowest BCUT2D eigenvalue weighted by Crippen LogP contribution is -2.05. The van der Waals surface area contributed by atoms with Crippen molar-refractivity contribution in [3.8, 4) is 17.2 Å². The molecule has 0 unspecified atom stereocenters. The summed E-state index contributed by atoms with van der Waals surface area (Å²) in [6.07, 6.45) is 0. The van der Waals surface area contributed by atoms with Gasteiger partial charge in [-0.05, 0) is 24.0 Å². The van der Waals surface area contributed by atoms with Gasteiger partial charge >= 0.3 is 5.97 Å². The number of thiophene rings is 1. The van der Waals surface area contributed by atoms with Crippen molar-refractivity contribution in [2.45, 2.75) is 26.7 Å². The average molecular weight is 380 g/mol. The summed E-state index contributed by atoms with van der Waals surface area (Å²) in [4.78, 5) is 17.3. The summed E-state index contributed by atoms with van der Waals surface area (Å²) in [6, 6.07) is 10.0. The summed E-state index contributed by atoms with van der Waals surface area (Å²) in [6.45, 7) is 6.20. The number of rotatable bonds is 4. The van der Waals surface area contributed by atoms with E-state index < -0.39 is 5.97 Å². The van der Waals surface area contributed by atoms with Crippen LogP contribution >= 0.6 is 11.3 Å². The largest absolute Gasteiger partial charge is 0.462 e. The number of aromatic nitrogens is 1. The Bertz CT molecular complexity index is 1060. The van der Waals surface area contributed by atoms with Gasteiger partial charge in [-0.2, -0.15) is 5.26 Å². The Morgan fingerprint density at radius 1 is 1.30 bits per heavy atom. The minimum Gasteiger partial charge on any atom is -0.462 e. The van der Waals surface area contributed by atoms with Gasteiger partial charge in [0.2, 0.25) is 0 Å². The number of nitrogens with zero attached hydrogens (tertiary/aromatic N) is 2. The van der Waals surface area contributed by atoms with Crippen molar-refractivity contribution < 1.29 is 9.53 Å². The molecule has 138 valence electrons. The Kier molecular flexibility index (Phi) is 5.02. The van der Waals surface area contributed by atoms with Crippen LogP contribution < -0.4 is 11.5 Å². The van der Waals surface area contributed by atoms with Crippen LogP contribution in [0.2, 0.25) is 0 Å². The quantitative estimate of drug-likeness (QED) is 0.652. The van der Waals surface area contributed by atoms with Crippen LogP contribution in [0.5, 0.6) is 0 Å². The SMILES string of the molecule is CCOC(=O)c1sc2nc(N)c(C#N)c(-c3ccc(C(C)C)cc3)c2c1N. The fraction of sp³-hybridized carbons (Fsp3) is 0.250. The molecule has 0 atom stereocenters. The second-order valence-corrected chi connectivity index (χ2v) is 7.38. The van der Waals surface area contributed by atoms with Crippen molar-refractivity contribution in [1.29, 1.82) is 5.26 Å². The number of esters is 1. The summed E-state index contributed by atoms with van der Waals surface area (Å²) < 4.78 is 5.08. The standard InChI is InChI=1S/C20H20N4O2S/c1-4-26-20(25)17-16(22)15-14(12-7-5-11(6-8-12)10(2)3)13(9-21)18(23)24-19(15)27-17/h5-8,10H,4,22H2,1-3H3,(H2,23,24). The molecule has 2 heterocycles. The number of fused-ring (bicyclic) bond motifs is 1. The zero-order chi connectivity index (χ0) is 19.7. The predicted molar refractivity (Wildman–Crippen MR) is 109 cm³/mol. The van der Waals surface area contributed by atoms with Gasteiger partial charge in [-0.15, -0.1) is 11.3 Å². The zero-order valence-corrected chi connectivity index (χ0v) is 16.2. The first-order valence-electron chi connectivity index (χ1n) is 8.58. The van der Waals surface area contributed by atoms with E-state index in [0.29, 0.717) is 21.7 Å². The van der Waals surface area contributed by atoms with Gasteiger partial charge in [-0.3, -0.25) is 0 Å². The highest BCUT2D eigenvalue weighted by Crippen LogP contribution is 2.42. The van der Waals surface area contributed by atoms with Crippen LogP contribution in [0.15, 0.2) is 24.3 Å². The Balaban J connectivity index is 2.32. The van der Waals surface area contributed by atoms with Crippen LogP contribution in [0.25, 0.3) is 21.3 Å². The summed E-state index contributed by atoms with van der Waals surface area (Å²) >= 11 is 1.12. The van der Waals surface area contributed by atoms with Gasteiger partial charge in [0.05, 0.1) is 12.3 Å². The van der Waals surface area contributed by atoms with Crippen LogP contribution in [0.1, 0.15) is 47.5 Å².